The molecule has 2 N–H and O–H groups in total. The highest BCUT2D eigenvalue weighted by molar-refractivity contribution is 5.94. The minimum atomic E-state index is -0.416. The molecular formula is C18H20N4O3. The van der Waals surface area contributed by atoms with Gasteiger partial charge in [0.15, 0.2) is 0 Å². The largest absolute Gasteiger partial charge is 0.465 e. The second-order valence-electron chi connectivity index (χ2n) is 5.35. The summed E-state index contributed by atoms with van der Waals surface area (Å²) in [5.74, 6) is -0.250. The van der Waals surface area contributed by atoms with E-state index in [9.17, 15) is 9.59 Å². The summed E-state index contributed by atoms with van der Waals surface area (Å²) in [6, 6.07) is 11.1. The molecule has 0 bridgehead atoms. The van der Waals surface area contributed by atoms with Gasteiger partial charge in [0, 0.05) is 25.9 Å². The number of hydrazone groups is 1. The average molecular weight is 340 g/mol. The highest BCUT2D eigenvalue weighted by Gasteiger charge is 2.02. The van der Waals surface area contributed by atoms with Gasteiger partial charge in [-0.25, -0.2) is 5.43 Å². The predicted octanol–water partition coefficient (Wildman–Crippen LogP) is 1.63. The van der Waals surface area contributed by atoms with Gasteiger partial charge in [0.25, 0.3) is 5.91 Å². The van der Waals surface area contributed by atoms with Gasteiger partial charge in [-0.3, -0.25) is 9.59 Å². The highest BCUT2D eigenvalue weighted by atomic mass is 16.3. The van der Waals surface area contributed by atoms with Crippen molar-refractivity contribution in [1.29, 1.82) is 0 Å². The summed E-state index contributed by atoms with van der Waals surface area (Å²) < 4.78 is 5.06. The summed E-state index contributed by atoms with van der Waals surface area (Å²) in [4.78, 5) is 25.2. The molecule has 7 heteroatoms. The number of furan rings is 1. The summed E-state index contributed by atoms with van der Waals surface area (Å²) in [7, 11) is 3.92. The molecule has 25 heavy (non-hydrogen) atoms. The normalized spacial score (nSPS) is 11.0. The van der Waals surface area contributed by atoms with Gasteiger partial charge in [-0.2, -0.15) is 5.10 Å². The van der Waals surface area contributed by atoms with Crippen LogP contribution in [0.1, 0.15) is 11.3 Å². The molecule has 0 saturated carbocycles. The minimum absolute atomic E-state index is 0.168. The Balaban J connectivity index is 1.72. The van der Waals surface area contributed by atoms with Crippen LogP contribution < -0.4 is 15.6 Å². The zero-order valence-electron chi connectivity index (χ0n) is 14.1. The quantitative estimate of drug-likeness (QED) is 0.456. The van der Waals surface area contributed by atoms with Crippen molar-refractivity contribution in [3.63, 3.8) is 0 Å². The first-order valence-electron chi connectivity index (χ1n) is 7.63. The van der Waals surface area contributed by atoms with Crippen LogP contribution in [-0.4, -0.2) is 38.7 Å². The van der Waals surface area contributed by atoms with Crippen molar-refractivity contribution in [2.45, 2.75) is 0 Å². The maximum Gasteiger partial charge on any atom is 0.259 e. The molecule has 0 aliphatic carbocycles. The Morgan fingerprint density at radius 2 is 1.96 bits per heavy atom. The van der Waals surface area contributed by atoms with Crippen molar-refractivity contribution >= 4 is 29.8 Å². The summed E-state index contributed by atoms with van der Waals surface area (Å²) >= 11 is 0. The molecule has 2 aromatic rings. The third-order valence-electron chi connectivity index (χ3n) is 3.18. The highest BCUT2D eigenvalue weighted by Crippen LogP contribution is 2.10. The zero-order chi connectivity index (χ0) is 18.1. The van der Waals surface area contributed by atoms with Crippen LogP contribution in [0.5, 0.6) is 0 Å². The molecule has 0 spiro atoms. The Labute approximate surface area is 146 Å². The number of anilines is 1. The smallest absolute Gasteiger partial charge is 0.259 e. The number of amides is 2. The van der Waals surface area contributed by atoms with Gasteiger partial charge < -0.3 is 14.6 Å². The fourth-order valence-corrected chi connectivity index (χ4v) is 1.85. The van der Waals surface area contributed by atoms with Gasteiger partial charge in [0.05, 0.1) is 19.0 Å². The summed E-state index contributed by atoms with van der Waals surface area (Å²) in [6.07, 6.45) is 5.86. The zero-order valence-corrected chi connectivity index (χ0v) is 14.1. The van der Waals surface area contributed by atoms with Crippen molar-refractivity contribution in [2.24, 2.45) is 5.10 Å². The third kappa shape index (κ3) is 6.34. The SMILES string of the molecule is CN(C)c1ccc(/C=N\NC(=O)CNC(=O)/C=C/c2ccco2)cc1. The van der Waals surface area contributed by atoms with Crippen LogP contribution in [0.25, 0.3) is 6.08 Å². The van der Waals surface area contributed by atoms with E-state index < -0.39 is 11.8 Å². The number of nitrogens with one attached hydrogen (secondary N) is 2. The molecule has 0 saturated heterocycles. The Bertz CT molecular complexity index is 747. The van der Waals surface area contributed by atoms with E-state index in [2.05, 4.69) is 15.8 Å². The van der Waals surface area contributed by atoms with Crippen LogP contribution in [0.4, 0.5) is 5.69 Å². The van der Waals surface area contributed by atoms with Gasteiger partial charge in [-0.1, -0.05) is 12.1 Å². The van der Waals surface area contributed by atoms with E-state index in [0.29, 0.717) is 5.76 Å². The van der Waals surface area contributed by atoms with Crippen LogP contribution >= 0.6 is 0 Å². The molecule has 0 fully saturated rings. The number of hydrogen-bond acceptors (Lipinski definition) is 5. The molecule has 1 aromatic carbocycles. The van der Waals surface area contributed by atoms with Crippen molar-refractivity contribution in [1.82, 2.24) is 10.7 Å². The fourth-order valence-electron chi connectivity index (χ4n) is 1.85. The second-order valence-corrected chi connectivity index (χ2v) is 5.35. The van der Waals surface area contributed by atoms with E-state index >= 15 is 0 Å². The van der Waals surface area contributed by atoms with Crippen LogP contribution in [0, 0.1) is 0 Å². The number of hydrogen-bond donors (Lipinski definition) is 2. The molecule has 1 heterocycles. The van der Waals surface area contributed by atoms with Crippen LogP contribution in [0.15, 0.2) is 58.3 Å². The topological polar surface area (TPSA) is 86.9 Å². The van der Waals surface area contributed by atoms with E-state index in [1.807, 2.05) is 43.3 Å². The maximum absolute atomic E-state index is 11.6. The lowest BCUT2D eigenvalue weighted by Gasteiger charge is -2.11. The van der Waals surface area contributed by atoms with Crippen LogP contribution in [0.2, 0.25) is 0 Å². The van der Waals surface area contributed by atoms with Gasteiger partial charge in [-0.05, 0) is 35.9 Å². The molecule has 0 atom stereocenters. The first-order valence-corrected chi connectivity index (χ1v) is 7.63. The third-order valence-corrected chi connectivity index (χ3v) is 3.18. The number of carbonyl (C=O) groups excluding carboxylic acids is 2. The Morgan fingerprint density at radius 3 is 2.60 bits per heavy atom. The van der Waals surface area contributed by atoms with Gasteiger partial charge >= 0.3 is 0 Å². The van der Waals surface area contributed by atoms with E-state index in [-0.39, 0.29) is 6.54 Å². The van der Waals surface area contributed by atoms with Gasteiger partial charge in [0.2, 0.25) is 5.91 Å². The average Bonchev–Trinajstić information content (AvgIpc) is 3.12. The van der Waals surface area contributed by atoms with Gasteiger partial charge in [0.1, 0.15) is 5.76 Å². The van der Waals surface area contributed by atoms with E-state index in [0.717, 1.165) is 11.3 Å². The van der Waals surface area contributed by atoms with Crippen molar-refractivity contribution < 1.29 is 14.0 Å². The van der Waals surface area contributed by atoms with Crippen molar-refractivity contribution in [3.8, 4) is 0 Å². The van der Waals surface area contributed by atoms with E-state index in [1.165, 1.54) is 24.6 Å². The number of nitrogens with zero attached hydrogens (tertiary/aromatic N) is 2. The lowest BCUT2D eigenvalue weighted by Crippen LogP contribution is -2.34. The Morgan fingerprint density at radius 1 is 1.20 bits per heavy atom. The van der Waals surface area contributed by atoms with Crippen molar-refractivity contribution in [3.05, 3.63) is 60.1 Å². The fraction of sp³-hybridized carbons (Fsp3) is 0.167. The molecule has 0 aliphatic heterocycles. The first-order chi connectivity index (χ1) is 12.0. The maximum atomic E-state index is 11.6. The standard InChI is InChI=1S/C18H20N4O3/c1-22(2)15-7-5-14(6-8-15)12-20-21-18(24)13-19-17(23)10-9-16-4-3-11-25-16/h3-12H,13H2,1-2H3,(H,19,23)(H,21,24)/b10-9+,20-12-. The molecule has 0 radical (unpaired) electrons. The Kier molecular flexibility index (Phi) is 6.53. The summed E-state index contributed by atoms with van der Waals surface area (Å²) in [5.41, 5.74) is 4.29. The number of benzene rings is 1. The van der Waals surface area contributed by atoms with E-state index in [4.69, 9.17) is 4.42 Å². The second kappa shape index (κ2) is 9.07. The first kappa shape index (κ1) is 18.0. The summed E-state index contributed by atoms with van der Waals surface area (Å²) in [6.45, 7) is -0.168. The minimum Gasteiger partial charge on any atom is -0.465 e. The Hall–Kier alpha value is -3.35. The molecule has 130 valence electrons. The lowest BCUT2D eigenvalue weighted by molar-refractivity contribution is -0.123. The summed E-state index contributed by atoms with van der Waals surface area (Å²) in [5, 5.41) is 6.31. The number of carbonyl (C=O) groups is 2. The molecule has 2 rings (SSSR count). The van der Waals surface area contributed by atoms with Crippen LogP contribution in [0.3, 0.4) is 0 Å². The van der Waals surface area contributed by atoms with Crippen LogP contribution in [-0.2, 0) is 9.59 Å². The predicted molar refractivity (Wildman–Crippen MR) is 97.3 cm³/mol. The van der Waals surface area contributed by atoms with Gasteiger partial charge in [-0.15, -0.1) is 0 Å². The molecule has 2 amide bonds. The molecule has 0 unspecified atom stereocenters. The monoisotopic (exact) mass is 340 g/mol. The number of rotatable bonds is 7. The lowest BCUT2D eigenvalue weighted by atomic mass is 10.2. The molecule has 7 nitrogen and oxygen atoms in total. The van der Waals surface area contributed by atoms with E-state index in [1.54, 1.807) is 12.1 Å². The molecular weight excluding hydrogens is 320 g/mol. The molecule has 0 aliphatic rings. The van der Waals surface area contributed by atoms with Crippen molar-refractivity contribution in [2.75, 3.05) is 25.5 Å². The molecule has 1 aromatic heterocycles.